The third kappa shape index (κ3) is 6.68. The summed E-state index contributed by atoms with van der Waals surface area (Å²) < 4.78 is 5.13. The van der Waals surface area contributed by atoms with E-state index in [0.29, 0.717) is 6.61 Å². The molecule has 0 aromatic heterocycles. The Kier molecular flexibility index (Phi) is 9.03. The van der Waals surface area contributed by atoms with Gasteiger partial charge in [-0.1, -0.05) is 30.3 Å². The third-order valence-corrected chi connectivity index (χ3v) is 1.96. The Morgan fingerprint density at radius 1 is 1.47 bits per heavy atom. The summed E-state index contributed by atoms with van der Waals surface area (Å²) in [5.74, 6) is -1.06. The molecule has 1 rings (SSSR count). The van der Waals surface area contributed by atoms with Gasteiger partial charge < -0.3 is 11.3 Å². The van der Waals surface area contributed by atoms with E-state index < -0.39 is 11.3 Å². The van der Waals surface area contributed by atoms with Crippen LogP contribution in [0.2, 0.25) is 0 Å². The summed E-state index contributed by atoms with van der Waals surface area (Å²) in [6.07, 6.45) is 0. The van der Waals surface area contributed by atoms with Crippen molar-refractivity contribution in [3.63, 3.8) is 0 Å². The first-order valence-corrected chi connectivity index (χ1v) is 4.62. The van der Waals surface area contributed by atoms with Crippen molar-refractivity contribution in [2.75, 3.05) is 6.61 Å². The van der Waals surface area contributed by atoms with E-state index in [-0.39, 0.29) is 59.4 Å². The van der Waals surface area contributed by atoms with Gasteiger partial charge in [-0.2, -0.15) is 0 Å². The maximum absolute atomic E-state index is 10.3. The van der Waals surface area contributed by atoms with Crippen molar-refractivity contribution in [2.24, 2.45) is 0 Å². The number of ether oxygens (including phenoxy) is 1. The summed E-state index contributed by atoms with van der Waals surface area (Å²) in [6.45, 7) is 0.406. The number of carbonyl (C=O) groups is 1. The average molecular weight is 255 g/mol. The molecule has 0 aliphatic rings. The second kappa shape index (κ2) is 8.70. The normalized spacial score (nSPS) is 11.5. The fourth-order valence-electron chi connectivity index (χ4n) is 0.926. The van der Waals surface area contributed by atoms with Crippen LogP contribution in [0.5, 0.6) is 0 Å². The van der Waals surface area contributed by atoms with E-state index in [1.165, 1.54) is 0 Å². The number of aliphatic carboxylic acids is 1. The number of hydrogen-bond donors (Lipinski definition) is 1. The Morgan fingerprint density at radius 3 is 2.60 bits per heavy atom. The number of alkyl halides is 1. The zero-order valence-electron chi connectivity index (χ0n) is 9.52. The van der Waals surface area contributed by atoms with Crippen LogP contribution in [0.3, 0.4) is 0 Å². The number of carboxylic acids is 1. The molecular formula is C10H12ClKO3. The van der Waals surface area contributed by atoms with Crippen LogP contribution >= 0.6 is 11.6 Å². The minimum absolute atomic E-state index is 0. The van der Waals surface area contributed by atoms with Gasteiger partial charge in [-0.05, 0) is 5.56 Å². The van der Waals surface area contributed by atoms with Crippen molar-refractivity contribution >= 4 is 17.6 Å². The molecule has 0 aliphatic carbocycles. The zero-order valence-corrected chi connectivity index (χ0v) is 12.4. The van der Waals surface area contributed by atoms with Crippen LogP contribution < -0.4 is 51.4 Å². The molecule has 0 saturated carbocycles. The fraction of sp³-hybridized carbons (Fsp3) is 0.300. The van der Waals surface area contributed by atoms with Crippen molar-refractivity contribution in [1.82, 2.24) is 0 Å². The first-order chi connectivity index (χ1) is 6.70. The zero-order chi connectivity index (χ0) is 10.4. The molecule has 0 bridgehead atoms. The van der Waals surface area contributed by atoms with E-state index in [2.05, 4.69) is 0 Å². The summed E-state index contributed by atoms with van der Waals surface area (Å²) in [4.78, 5) is 10.3. The molecule has 3 nitrogen and oxygen atoms in total. The largest absolute Gasteiger partial charge is 1.00 e. The van der Waals surface area contributed by atoms with Crippen LogP contribution in [0.25, 0.3) is 0 Å². The van der Waals surface area contributed by atoms with Crippen molar-refractivity contribution in [1.29, 1.82) is 0 Å². The van der Waals surface area contributed by atoms with Gasteiger partial charge in [-0.15, -0.1) is 11.6 Å². The van der Waals surface area contributed by atoms with Crippen molar-refractivity contribution in [2.45, 2.75) is 12.0 Å². The molecule has 0 radical (unpaired) electrons. The molecule has 1 atom stereocenters. The predicted molar refractivity (Wildman–Crippen MR) is 54.5 cm³/mol. The number of rotatable bonds is 5. The molecule has 1 N–H and O–H groups in total. The van der Waals surface area contributed by atoms with E-state index in [0.717, 1.165) is 5.56 Å². The minimum atomic E-state index is -1.06. The van der Waals surface area contributed by atoms with E-state index in [4.69, 9.17) is 21.4 Å². The molecule has 0 fully saturated rings. The Bertz CT molecular complexity index is 297. The van der Waals surface area contributed by atoms with E-state index in [9.17, 15) is 4.79 Å². The van der Waals surface area contributed by atoms with Crippen LogP contribution in [-0.2, 0) is 16.1 Å². The summed E-state index contributed by atoms with van der Waals surface area (Å²) in [5, 5.41) is 7.49. The quantitative estimate of drug-likeness (QED) is 0.542. The first kappa shape index (κ1) is 15.6. The van der Waals surface area contributed by atoms with Crippen molar-refractivity contribution in [3.05, 3.63) is 35.9 Å². The molecule has 15 heavy (non-hydrogen) atoms. The number of carboxylic acid groups (broad SMARTS) is 1. The molecule has 0 aliphatic heterocycles. The first-order valence-electron chi connectivity index (χ1n) is 4.18. The molecule has 1 aromatic rings. The SMILES string of the molecule is O=C(O)C(Cl)COCc1ccccc1.[H-].[K+]. The molecule has 1 unspecified atom stereocenters. The van der Waals surface area contributed by atoms with Crippen molar-refractivity contribution < 1.29 is 67.4 Å². The van der Waals surface area contributed by atoms with Crippen LogP contribution in [0.1, 0.15) is 6.99 Å². The predicted octanol–water partition coefficient (Wildman–Crippen LogP) is -0.988. The summed E-state index contributed by atoms with van der Waals surface area (Å²) in [6, 6.07) is 9.52. The third-order valence-electron chi connectivity index (χ3n) is 1.64. The van der Waals surface area contributed by atoms with Gasteiger partial charge in [0.05, 0.1) is 13.2 Å². The standard InChI is InChI=1S/C10H11ClO3.K.H/c11-9(10(12)13)7-14-6-8-4-2-1-3-5-8;;/h1-5,9H,6-7H2,(H,12,13);;/q;+1;-1. The van der Waals surface area contributed by atoms with E-state index in [1.807, 2.05) is 30.3 Å². The summed E-state index contributed by atoms with van der Waals surface area (Å²) in [5.41, 5.74) is 1.00. The number of hydrogen-bond acceptors (Lipinski definition) is 2. The Morgan fingerprint density at radius 2 is 2.07 bits per heavy atom. The van der Waals surface area contributed by atoms with Crippen LogP contribution in [0.15, 0.2) is 30.3 Å². The van der Waals surface area contributed by atoms with Gasteiger partial charge in [-0.25, -0.2) is 0 Å². The van der Waals surface area contributed by atoms with Gasteiger partial charge >= 0.3 is 57.4 Å². The average Bonchev–Trinajstić information content (AvgIpc) is 2.19. The smallest absolute Gasteiger partial charge is 1.00 e. The van der Waals surface area contributed by atoms with Crippen molar-refractivity contribution in [3.8, 4) is 0 Å². The number of halogens is 1. The Labute approximate surface area is 138 Å². The van der Waals surface area contributed by atoms with Crippen LogP contribution in [0.4, 0.5) is 0 Å². The summed E-state index contributed by atoms with van der Waals surface area (Å²) >= 11 is 5.46. The van der Waals surface area contributed by atoms with Gasteiger partial charge in [0, 0.05) is 0 Å². The van der Waals surface area contributed by atoms with E-state index >= 15 is 0 Å². The maximum Gasteiger partial charge on any atom is 1.00 e. The molecule has 0 saturated heterocycles. The Balaban J connectivity index is 0. The van der Waals surface area contributed by atoms with Crippen LogP contribution in [0, 0.1) is 0 Å². The van der Waals surface area contributed by atoms with Crippen LogP contribution in [-0.4, -0.2) is 23.1 Å². The molecular weight excluding hydrogens is 243 g/mol. The van der Waals surface area contributed by atoms with Gasteiger partial charge in [0.15, 0.2) is 5.38 Å². The van der Waals surface area contributed by atoms with Gasteiger partial charge in [0.2, 0.25) is 0 Å². The maximum atomic E-state index is 10.3. The van der Waals surface area contributed by atoms with Gasteiger partial charge in [-0.3, -0.25) is 4.79 Å². The molecule has 78 valence electrons. The van der Waals surface area contributed by atoms with Gasteiger partial charge in [0.25, 0.3) is 0 Å². The minimum Gasteiger partial charge on any atom is -1.00 e. The molecule has 0 heterocycles. The number of benzene rings is 1. The van der Waals surface area contributed by atoms with E-state index in [1.54, 1.807) is 0 Å². The topological polar surface area (TPSA) is 46.5 Å². The second-order valence-electron chi connectivity index (χ2n) is 2.81. The second-order valence-corrected chi connectivity index (χ2v) is 3.33. The monoisotopic (exact) mass is 254 g/mol. The molecule has 1 aromatic carbocycles. The molecule has 0 spiro atoms. The van der Waals surface area contributed by atoms with Gasteiger partial charge in [0.1, 0.15) is 0 Å². The Hall–Kier alpha value is 0.576. The molecule has 0 amide bonds. The fourth-order valence-corrected chi connectivity index (χ4v) is 1.01. The summed E-state index contributed by atoms with van der Waals surface area (Å²) in [7, 11) is 0. The molecule has 5 heteroatoms.